The molecule has 100 valence electrons. The monoisotopic (exact) mass is 283 g/mol. The van der Waals surface area contributed by atoms with Crippen LogP contribution in [0.5, 0.6) is 0 Å². The molecule has 20 heavy (non-hydrogen) atoms. The van der Waals surface area contributed by atoms with Gasteiger partial charge in [0.1, 0.15) is 0 Å². The maximum atomic E-state index is 12.2. The Labute approximate surface area is 119 Å². The minimum Gasteiger partial charge on any atom is -0.269 e. The predicted molar refractivity (Wildman–Crippen MR) is 78.4 cm³/mol. The molecular formula is C15H13N3OS. The van der Waals surface area contributed by atoms with E-state index in [9.17, 15) is 4.79 Å². The average molecular weight is 283 g/mol. The van der Waals surface area contributed by atoms with Gasteiger partial charge < -0.3 is 0 Å². The number of aryl methyl sites for hydroxylation is 1. The molecule has 5 heteroatoms. The Balaban J connectivity index is 1.73. The van der Waals surface area contributed by atoms with Crippen molar-refractivity contribution in [3.8, 4) is 0 Å². The first-order valence-electron chi connectivity index (χ1n) is 6.62. The van der Waals surface area contributed by atoms with Crippen molar-refractivity contribution in [3.05, 3.63) is 63.3 Å². The molecule has 2 atom stereocenters. The Hall–Kier alpha value is -2.01. The first kappa shape index (κ1) is 11.8. The topological polar surface area (TPSA) is 47.3 Å². The lowest BCUT2D eigenvalue weighted by Gasteiger charge is -2.01. The van der Waals surface area contributed by atoms with Crippen LogP contribution in [0.2, 0.25) is 0 Å². The van der Waals surface area contributed by atoms with Crippen LogP contribution < -0.4 is 5.56 Å². The summed E-state index contributed by atoms with van der Waals surface area (Å²) in [7, 11) is 0. The van der Waals surface area contributed by atoms with Crippen molar-refractivity contribution in [1.29, 1.82) is 0 Å². The van der Waals surface area contributed by atoms with Crippen LogP contribution in [0.3, 0.4) is 0 Å². The lowest BCUT2D eigenvalue weighted by atomic mass is 10.1. The summed E-state index contributed by atoms with van der Waals surface area (Å²) in [5.74, 6) is 0.818. The third-order valence-corrected chi connectivity index (χ3v) is 4.82. The molecular weight excluding hydrogens is 270 g/mol. The van der Waals surface area contributed by atoms with Crippen molar-refractivity contribution < 1.29 is 0 Å². The van der Waals surface area contributed by atoms with E-state index in [0.29, 0.717) is 11.8 Å². The normalized spacial score (nSPS) is 21.2. The maximum Gasteiger partial charge on any atom is 0.258 e. The largest absolute Gasteiger partial charge is 0.269 e. The van der Waals surface area contributed by atoms with E-state index in [0.717, 1.165) is 22.8 Å². The molecule has 2 unspecified atom stereocenters. The Morgan fingerprint density at radius 3 is 3.10 bits per heavy atom. The number of fused-ring (bicyclic) bond motifs is 1. The summed E-state index contributed by atoms with van der Waals surface area (Å²) in [6.45, 7) is 1.93. The third-order valence-electron chi connectivity index (χ3n) is 3.88. The van der Waals surface area contributed by atoms with Crippen molar-refractivity contribution in [2.24, 2.45) is 0 Å². The summed E-state index contributed by atoms with van der Waals surface area (Å²) in [5.41, 5.74) is 3.14. The third kappa shape index (κ3) is 1.78. The molecule has 3 aromatic rings. The van der Waals surface area contributed by atoms with Crippen LogP contribution in [0.15, 0.2) is 40.8 Å². The van der Waals surface area contributed by atoms with Gasteiger partial charge >= 0.3 is 0 Å². The Morgan fingerprint density at radius 2 is 2.30 bits per heavy atom. The summed E-state index contributed by atoms with van der Waals surface area (Å²) >= 11 is 1.52. The maximum absolute atomic E-state index is 12.2. The van der Waals surface area contributed by atoms with E-state index < -0.39 is 0 Å². The fourth-order valence-corrected chi connectivity index (χ4v) is 3.63. The molecule has 4 nitrogen and oxygen atoms in total. The van der Waals surface area contributed by atoms with Crippen molar-refractivity contribution in [2.45, 2.75) is 25.2 Å². The standard InChI is InChI=1S/C15H13N3OS/c1-9-8-20-15-17-13(6-14(19)18(9)15)12-5-11(12)10-3-2-4-16-7-10/h2-4,6-8,11-12H,5H2,1H3. The molecule has 1 aliphatic carbocycles. The smallest absolute Gasteiger partial charge is 0.258 e. The zero-order chi connectivity index (χ0) is 13.7. The molecule has 0 aliphatic heterocycles. The molecule has 0 amide bonds. The number of aromatic nitrogens is 3. The molecule has 0 aromatic carbocycles. The highest BCUT2D eigenvalue weighted by Crippen LogP contribution is 2.53. The van der Waals surface area contributed by atoms with Gasteiger partial charge in [-0.05, 0) is 30.9 Å². The number of rotatable bonds is 2. The van der Waals surface area contributed by atoms with Gasteiger partial charge in [0, 0.05) is 35.5 Å². The van der Waals surface area contributed by atoms with Gasteiger partial charge in [0.15, 0.2) is 4.96 Å². The summed E-state index contributed by atoms with van der Waals surface area (Å²) in [6, 6.07) is 5.74. The van der Waals surface area contributed by atoms with E-state index in [2.05, 4.69) is 16.0 Å². The zero-order valence-corrected chi connectivity index (χ0v) is 11.8. The predicted octanol–water partition coefficient (Wildman–Crippen LogP) is 2.73. The molecule has 1 fully saturated rings. The molecule has 3 aromatic heterocycles. The number of thiazole rings is 1. The summed E-state index contributed by atoms with van der Waals surface area (Å²) in [4.78, 5) is 21.8. The Kier molecular flexibility index (Phi) is 2.50. The van der Waals surface area contributed by atoms with Crippen LogP contribution >= 0.6 is 11.3 Å². The molecule has 3 heterocycles. The van der Waals surface area contributed by atoms with Gasteiger partial charge in [-0.25, -0.2) is 4.98 Å². The van der Waals surface area contributed by atoms with Gasteiger partial charge in [-0.1, -0.05) is 6.07 Å². The molecule has 0 saturated heterocycles. The van der Waals surface area contributed by atoms with E-state index in [1.54, 1.807) is 16.7 Å². The fourth-order valence-electron chi connectivity index (χ4n) is 2.75. The molecule has 1 aliphatic rings. The molecule has 0 spiro atoms. The van der Waals surface area contributed by atoms with Gasteiger partial charge in [-0.3, -0.25) is 14.2 Å². The second kappa shape index (κ2) is 4.24. The number of nitrogens with zero attached hydrogens (tertiary/aromatic N) is 3. The van der Waals surface area contributed by atoms with Crippen LogP contribution in [0.1, 0.15) is 35.2 Å². The van der Waals surface area contributed by atoms with Crippen LogP contribution in [0.4, 0.5) is 0 Å². The van der Waals surface area contributed by atoms with Crippen molar-refractivity contribution >= 4 is 16.3 Å². The summed E-state index contributed by atoms with van der Waals surface area (Å²) in [6.07, 6.45) is 4.75. The van der Waals surface area contributed by atoms with Crippen molar-refractivity contribution in [3.63, 3.8) is 0 Å². The van der Waals surface area contributed by atoms with E-state index in [1.165, 1.54) is 16.9 Å². The molecule has 0 N–H and O–H groups in total. The fraction of sp³-hybridized carbons (Fsp3) is 0.267. The molecule has 4 rings (SSSR count). The Bertz CT molecular complexity index is 837. The van der Waals surface area contributed by atoms with Crippen molar-refractivity contribution in [1.82, 2.24) is 14.4 Å². The SMILES string of the molecule is Cc1csc2nc(C3CC3c3cccnc3)cc(=O)n12. The second-order valence-electron chi connectivity index (χ2n) is 5.25. The van der Waals surface area contributed by atoms with E-state index >= 15 is 0 Å². The highest BCUT2D eigenvalue weighted by Gasteiger charge is 2.41. The van der Waals surface area contributed by atoms with Crippen LogP contribution in [0.25, 0.3) is 4.96 Å². The van der Waals surface area contributed by atoms with E-state index in [4.69, 9.17) is 0 Å². The van der Waals surface area contributed by atoms with Crippen LogP contribution in [-0.2, 0) is 0 Å². The second-order valence-corrected chi connectivity index (χ2v) is 6.09. The van der Waals surface area contributed by atoms with E-state index in [1.807, 2.05) is 24.6 Å². The minimum atomic E-state index is 0.0283. The number of hydrogen-bond donors (Lipinski definition) is 0. The molecule has 1 saturated carbocycles. The summed E-state index contributed by atoms with van der Waals surface area (Å²) < 4.78 is 1.68. The van der Waals surface area contributed by atoms with Gasteiger partial charge in [0.2, 0.25) is 0 Å². The van der Waals surface area contributed by atoms with E-state index in [-0.39, 0.29) is 5.56 Å². The summed E-state index contributed by atoms with van der Waals surface area (Å²) in [5, 5.41) is 1.97. The van der Waals surface area contributed by atoms with Gasteiger partial charge in [0.25, 0.3) is 5.56 Å². The van der Waals surface area contributed by atoms with Gasteiger partial charge in [0.05, 0.1) is 5.69 Å². The number of pyridine rings is 1. The zero-order valence-electron chi connectivity index (χ0n) is 11.0. The van der Waals surface area contributed by atoms with Crippen LogP contribution in [-0.4, -0.2) is 14.4 Å². The first-order chi connectivity index (χ1) is 9.74. The van der Waals surface area contributed by atoms with Gasteiger partial charge in [-0.15, -0.1) is 11.3 Å². The average Bonchev–Trinajstić information content (AvgIpc) is 3.18. The lowest BCUT2D eigenvalue weighted by Crippen LogP contribution is -2.14. The van der Waals surface area contributed by atoms with Crippen LogP contribution in [0, 0.1) is 6.92 Å². The highest BCUT2D eigenvalue weighted by molar-refractivity contribution is 7.15. The lowest BCUT2D eigenvalue weighted by molar-refractivity contribution is 0.925. The minimum absolute atomic E-state index is 0.0283. The quantitative estimate of drug-likeness (QED) is 0.726. The van der Waals surface area contributed by atoms with Gasteiger partial charge in [-0.2, -0.15) is 0 Å². The Morgan fingerprint density at radius 1 is 1.40 bits per heavy atom. The molecule has 0 bridgehead atoms. The number of hydrogen-bond acceptors (Lipinski definition) is 4. The first-order valence-corrected chi connectivity index (χ1v) is 7.50. The highest BCUT2D eigenvalue weighted by atomic mass is 32.1. The molecule has 0 radical (unpaired) electrons. The van der Waals surface area contributed by atoms with Crippen molar-refractivity contribution in [2.75, 3.05) is 0 Å².